The molecule has 0 N–H and O–H groups in total. The second kappa shape index (κ2) is 4.99. The van der Waals surface area contributed by atoms with E-state index in [1.807, 2.05) is 0 Å². The predicted octanol–water partition coefficient (Wildman–Crippen LogP) is 3.41. The molecule has 0 atom stereocenters. The van der Waals surface area contributed by atoms with E-state index in [2.05, 4.69) is 5.16 Å². The summed E-state index contributed by atoms with van der Waals surface area (Å²) in [6.07, 6.45) is 3.98. The van der Waals surface area contributed by atoms with Gasteiger partial charge in [-0.3, -0.25) is 0 Å². The maximum Gasteiger partial charge on any atom is 0.165 e. The quantitative estimate of drug-likeness (QED) is 0.853. The van der Waals surface area contributed by atoms with Gasteiger partial charge in [0, 0.05) is 18.1 Å². The van der Waals surface area contributed by atoms with Crippen LogP contribution in [0.15, 0.2) is 22.7 Å². The molecule has 1 aliphatic rings. The fourth-order valence-corrected chi connectivity index (χ4v) is 2.30. The summed E-state index contributed by atoms with van der Waals surface area (Å²) in [5.41, 5.74) is 1.74. The van der Waals surface area contributed by atoms with Gasteiger partial charge < -0.3 is 9.26 Å². The first-order valence-corrected chi connectivity index (χ1v) is 6.28. The number of rotatable bonds is 3. The molecule has 0 spiro atoms. The van der Waals surface area contributed by atoms with Gasteiger partial charge in [0.05, 0.1) is 0 Å². The molecule has 1 aromatic heterocycles. The number of aromatic nitrogens is 1. The van der Waals surface area contributed by atoms with Crippen molar-refractivity contribution < 1.29 is 18.0 Å². The predicted molar refractivity (Wildman–Crippen MR) is 63.8 cm³/mol. The van der Waals surface area contributed by atoms with Crippen molar-refractivity contribution in [3.8, 4) is 5.75 Å². The third kappa shape index (κ3) is 2.45. The van der Waals surface area contributed by atoms with E-state index < -0.39 is 11.6 Å². The Balaban J connectivity index is 1.75. The zero-order valence-corrected chi connectivity index (χ0v) is 10.3. The molecule has 0 fully saturated rings. The van der Waals surface area contributed by atoms with Crippen LogP contribution in [0, 0.1) is 11.6 Å². The highest BCUT2D eigenvalue weighted by atomic mass is 19.1. The Bertz CT molecular complexity index is 595. The standard InChI is InChI=1S/C14H13F2NO2/c15-9-5-6-11(16)14(7-9)18-8-12-10-3-1-2-4-13(10)19-17-12/h5-7H,1-4,8H2. The molecule has 0 saturated carbocycles. The van der Waals surface area contributed by atoms with E-state index in [0.717, 1.165) is 55.2 Å². The maximum atomic E-state index is 13.4. The number of benzene rings is 1. The molecule has 0 saturated heterocycles. The topological polar surface area (TPSA) is 35.3 Å². The Kier molecular flexibility index (Phi) is 3.19. The molecule has 0 aliphatic heterocycles. The van der Waals surface area contributed by atoms with E-state index >= 15 is 0 Å². The molecule has 0 radical (unpaired) electrons. The third-order valence-corrected chi connectivity index (χ3v) is 3.29. The largest absolute Gasteiger partial charge is 0.484 e. The fourth-order valence-electron chi connectivity index (χ4n) is 2.30. The van der Waals surface area contributed by atoms with Crippen LogP contribution in [0.2, 0.25) is 0 Å². The Hall–Kier alpha value is -1.91. The highest BCUT2D eigenvalue weighted by Gasteiger charge is 2.19. The van der Waals surface area contributed by atoms with Crippen molar-refractivity contribution in [1.29, 1.82) is 0 Å². The number of aryl methyl sites for hydroxylation is 1. The van der Waals surface area contributed by atoms with Crippen LogP contribution >= 0.6 is 0 Å². The van der Waals surface area contributed by atoms with Gasteiger partial charge in [-0.15, -0.1) is 0 Å². The second-order valence-corrected chi connectivity index (χ2v) is 4.60. The highest BCUT2D eigenvalue weighted by molar-refractivity contribution is 5.27. The minimum Gasteiger partial charge on any atom is -0.484 e. The normalized spacial score (nSPS) is 14.2. The maximum absolute atomic E-state index is 13.4. The van der Waals surface area contributed by atoms with E-state index in [9.17, 15) is 8.78 Å². The van der Waals surface area contributed by atoms with Gasteiger partial charge in [-0.05, 0) is 31.4 Å². The van der Waals surface area contributed by atoms with Crippen molar-refractivity contribution in [1.82, 2.24) is 5.16 Å². The molecule has 0 amide bonds. The van der Waals surface area contributed by atoms with Crippen molar-refractivity contribution in [2.75, 3.05) is 0 Å². The lowest BCUT2D eigenvalue weighted by Crippen LogP contribution is -2.05. The number of nitrogens with zero attached hydrogens (tertiary/aromatic N) is 1. The lowest BCUT2D eigenvalue weighted by molar-refractivity contribution is 0.273. The van der Waals surface area contributed by atoms with Gasteiger partial charge in [0.1, 0.15) is 23.9 Å². The number of hydrogen-bond donors (Lipinski definition) is 0. The molecule has 1 aliphatic carbocycles. The molecule has 1 aromatic carbocycles. The van der Waals surface area contributed by atoms with E-state index in [1.54, 1.807) is 0 Å². The molecular formula is C14H13F2NO2. The van der Waals surface area contributed by atoms with Crippen LogP contribution in [-0.2, 0) is 19.4 Å². The van der Waals surface area contributed by atoms with E-state index in [0.29, 0.717) is 5.69 Å². The van der Waals surface area contributed by atoms with Gasteiger partial charge in [-0.2, -0.15) is 0 Å². The zero-order chi connectivity index (χ0) is 13.2. The third-order valence-electron chi connectivity index (χ3n) is 3.29. The van der Waals surface area contributed by atoms with Gasteiger partial charge in [0.2, 0.25) is 0 Å². The van der Waals surface area contributed by atoms with Crippen molar-refractivity contribution in [2.45, 2.75) is 32.3 Å². The molecule has 5 heteroatoms. The van der Waals surface area contributed by atoms with Gasteiger partial charge in [-0.25, -0.2) is 8.78 Å². The molecule has 0 unspecified atom stereocenters. The Morgan fingerprint density at radius 3 is 2.95 bits per heavy atom. The molecule has 0 bridgehead atoms. The molecule has 100 valence electrons. The van der Waals surface area contributed by atoms with E-state index in [-0.39, 0.29) is 12.4 Å². The summed E-state index contributed by atoms with van der Waals surface area (Å²) in [5.74, 6) is -0.325. The molecule has 19 heavy (non-hydrogen) atoms. The number of hydrogen-bond acceptors (Lipinski definition) is 3. The van der Waals surface area contributed by atoms with Gasteiger partial charge in [0.15, 0.2) is 11.6 Å². The number of halogens is 2. The van der Waals surface area contributed by atoms with E-state index in [4.69, 9.17) is 9.26 Å². The first-order chi connectivity index (χ1) is 9.24. The minimum absolute atomic E-state index is 0.0964. The summed E-state index contributed by atoms with van der Waals surface area (Å²) in [4.78, 5) is 0. The van der Waals surface area contributed by atoms with Crippen LogP contribution in [-0.4, -0.2) is 5.16 Å². The van der Waals surface area contributed by atoms with Crippen molar-refractivity contribution in [2.24, 2.45) is 0 Å². The summed E-state index contributed by atoms with van der Waals surface area (Å²) in [7, 11) is 0. The molecule has 2 aromatic rings. The minimum atomic E-state index is -0.584. The van der Waals surface area contributed by atoms with Crippen LogP contribution in [0.3, 0.4) is 0 Å². The summed E-state index contributed by atoms with van der Waals surface area (Å²) in [6.45, 7) is 0.0964. The van der Waals surface area contributed by atoms with Crippen molar-refractivity contribution >= 4 is 0 Å². The van der Waals surface area contributed by atoms with Crippen LogP contribution in [0.1, 0.15) is 29.9 Å². The Morgan fingerprint density at radius 2 is 2.05 bits per heavy atom. The summed E-state index contributed by atoms with van der Waals surface area (Å²) >= 11 is 0. The molecule has 1 heterocycles. The highest BCUT2D eigenvalue weighted by Crippen LogP contribution is 2.26. The van der Waals surface area contributed by atoms with Gasteiger partial charge in [0.25, 0.3) is 0 Å². The second-order valence-electron chi connectivity index (χ2n) is 4.60. The van der Waals surface area contributed by atoms with Gasteiger partial charge in [-0.1, -0.05) is 5.16 Å². The smallest absolute Gasteiger partial charge is 0.165 e. The van der Waals surface area contributed by atoms with Gasteiger partial charge >= 0.3 is 0 Å². The van der Waals surface area contributed by atoms with Crippen molar-refractivity contribution in [3.63, 3.8) is 0 Å². The van der Waals surface area contributed by atoms with Crippen LogP contribution in [0.5, 0.6) is 5.75 Å². The molecule has 3 nitrogen and oxygen atoms in total. The van der Waals surface area contributed by atoms with E-state index in [1.165, 1.54) is 0 Å². The summed E-state index contributed by atoms with van der Waals surface area (Å²) in [5, 5.41) is 3.95. The molecular weight excluding hydrogens is 252 g/mol. The first-order valence-electron chi connectivity index (χ1n) is 6.28. The average Bonchev–Trinajstić information content (AvgIpc) is 2.83. The first kappa shape index (κ1) is 12.1. The zero-order valence-electron chi connectivity index (χ0n) is 10.3. The average molecular weight is 265 g/mol. The summed E-state index contributed by atoms with van der Waals surface area (Å²) in [6, 6.07) is 3.13. The Labute approximate surface area is 109 Å². The van der Waals surface area contributed by atoms with Crippen LogP contribution in [0.4, 0.5) is 8.78 Å². The van der Waals surface area contributed by atoms with Crippen LogP contribution in [0.25, 0.3) is 0 Å². The van der Waals surface area contributed by atoms with Crippen LogP contribution < -0.4 is 4.74 Å². The summed E-state index contributed by atoms with van der Waals surface area (Å²) < 4.78 is 36.9. The van der Waals surface area contributed by atoms with Crippen molar-refractivity contribution in [3.05, 3.63) is 46.9 Å². The lowest BCUT2D eigenvalue weighted by Gasteiger charge is -2.10. The monoisotopic (exact) mass is 265 g/mol. The number of fused-ring (bicyclic) bond motifs is 1. The lowest BCUT2D eigenvalue weighted by atomic mass is 9.97. The fraction of sp³-hybridized carbons (Fsp3) is 0.357. The molecule has 3 rings (SSSR count). The SMILES string of the molecule is Fc1ccc(F)c(OCc2noc3c2CCCC3)c1. The number of ether oxygens (including phenoxy) is 1. The Morgan fingerprint density at radius 1 is 1.21 bits per heavy atom.